The highest BCUT2D eigenvalue weighted by atomic mass is 16.5. The summed E-state index contributed by atoms with van der Waals surface area (Å²) in [4.78, 5) is 15.5. The fraction of sp³-hybridized carbons (Fsp3) is 0.346. The van der Waals surface area contributed by atoms with E-state index in [9.17, 15) is 4.79 Å². The van der Waals surface area contributed by atoms with Crippen LogP contribution in [0.4, 0.5) is 0 Å². The van der Waals surface area contributed by atoms with Crippen molar-refractivity contribution in [1.82, 2.24) is 4.90 Å². The minimum absolute atomic E-state index is 0.203. The van der Waals surface area contributed by atoms with Gasteiger partial charge in [-0.05, 0) is 44.2 Å². The molecule has 0 spiro atoms. The molecule has 2 aromatic carbocycles. The molecule has 4 heteroatoms. The van der Waals surface area contributed by atoms with Gasteiger partial charge in [-0.3, -0.25) is 0 Å². The molecule has 2 aliphatic heterocycles. The quantitative estimate of drug-likeness (QED) is 0.619. The fourth-order valence-corrected chi connectivity index (χ4v) is 4.40. The lowest BCUT2D eigenvalue weighted by atomic mass is 9.82. The summed E-state index contributed by atoms with van der Waals surface area (Å²) in [5, 5.41) is 0. The third-order valence-corrected chi connectivity index (χ3v) is 5.81. The highest BCUT2D eigenvalue weighted by Crippen LogP contribution is 2.45. The molecule has 0 radical (unpaired) electrons. The summed E-state index contributed by atoms with van der Waals surface area (Å²) in [6, 6.07) is 20.1. The van der Waals surface area contributed by atoms with Gasteiger partial charge in [-0.1, -0.05) is 60.7 Å². The van der Waals surface area contributed by atoms with Gasteiger partial charge in [-0.2, -0.15) is 0 Å². The highest BCUT2D eigenvalue weighted by Gasteiger charge is 2.38. The van der Waals surface area contributed by atoms with Crippen molar-refractivity contribution >= 4 is 11.7 Å². The lowest BCUT2D eigenvalue weighted by Gasteiger charge is -2.37. The summed E-state index contributed by atoms with van der Waals surface area (Å²) in [6.07, 6.45) is 3.57. The first-order valence-electron chi connectivity index (χ1n) is 10.9. The molecule has 0 unspecified atom stereocenters. The molecule has 2 aromatic rings. The van der Waals surface area contributed by atoms with E-state index in [1.807, 2.05) is 55.5 Å². The van der Waals surface area contributed by atoms with E-state index in [1.165, 1.54) is 6.42 Å². The Labute approximate surface area is 178 Å². The molecule has 1 saturated heterocycles. The van der Waals surface area contributed by atoms with Crippen LogP contribution in [0.2, 0.25) is 0 Å². The Morgan fingerprint density at radius 1 is 1.00 bits per heavy atom. The largest absolute Gasteiger partial charge is 0.463 e. The van der Waals surface area contributed by atoms with E-state index in [1.54, 1.807) is 0 Å². The van der Waals surface area contributed by atoms with Gasteiger partial charge in [-0.25, -0.2) is 4.79 Å². The predicted octanol–water partition coefficient (Wildman–Crippen LogP) is 5.49. The van der Waals surface area contributed by atoms with Crippen molar-refractivity contribution in [2.24, 2.45) is 0 Å². The zero-order chi connectivity index (χ0) is 20.9. The van der Waals surface area contributed by atoms with Crippen LogP contribution < -0.4 is 0 Å². The lowest BCUT2D eigenvalue weighted by Crippen LogP contribution is -2.34. The molecule has 0 aliphatic carbocycles. The molecule has 4 rings (SSSR count). The number of carbonyl (C=O) groups is 1. The van der Waals surface area contributed by atoms with Crippen molar-refractivity contribution in [3.8, 4) is 0 Å². The topological polar surface area (TPSA) is 38.8 Å². The first kappa shape index (κ1) is 20.3. The molecule has 1 atom stereocenters. The monoisotopic (exact) mass is 403 g/mol. The summed E-state index contributed by atoms with van der Waals surface area (Å²) in [6.45, 7) is 6.20. The van der Waals surface area contributed by atoms with Crippen molar-refractivity contribution in [2.45, 2.75) is 39.0 Å². The number of esters is 1. The maximum absolute atomic E-state index is 13.2. The smallest absolute Gasteiger partial charge is 0.338 e. The van der Waals surface area contributed by atoms with Crippen molar-refractivity contribution in [1.29, 1.82) is 0 Å². The number of piperidine rings is 1. The standard InChI is InChI=1S/C26H29NO3/c1-3-29-26(28)23-22(20-13-7-4-8-14-20)19(2)25(27-17-11-6-12-18-27)30-24(23)21-15-9-5-10-16-21/h4-5,7-10,13-16,22H,3,6,11-12,17-18H2,1-2H3/t22-/m1/s1. The van der Waals surface area contributed by atoms with Gasteiger partial charge in [0.1, 0.15) is 5.76 Å². The molecular formula is C26H29NO3. The second-order valence-corrected chi connectivity index (χ2v) is 7.81. The van der Waals surface area contributed by atoms with E-state index < -0.39 is 0 Å². The van der Waals surface area contributed by atoms with Crippen LogP contribution in [-0.4, -0.2) is 30.6 Å². The van der Waals surface area contributed by atoms with E-state index in [0.717, 1.165) is 48.5 Å². The Morgan fingerprint density at radius 3 is 2.27 bits per heavy atom. The maximum atomic E-state index is 13.2. The van der Waals surface area contributed by atoms with E-state index in [0.29, 0.717) is 17.9 Å². The normalized spacial score (nSPS) is 19.5. The van der Waals surface area contributed by atoms with Crippen LogP contribution in [0.3, 0.4) is 0 Å². The third-order valence-electron chi connectivity index (χ3n) is 5.81. The van der Waals surface area contributed by atoms with Gasteiger partial charge >= 0.3 is 5.97 Å². The van der Waals surface area contributed by atoms with Crippen LogP contribution in [0.25, 0.3) is 5.76 Å². The number of likely N-dealkylation sites (tertiary alicyclic amines) is 1. The molecule has 2 aliphatic rings. The maximum Gasteiger partial charge on any atom is 0.338 e. The SMILES string of the molecule is CCOC(=O)C1=C(c2ccccc2)OC(N2CCCCC2)=C(C)[C@@H]1c1ccccc1. The van der Waals surface area contributed by atoms with Gasteiger partial charge in [0, 0.05) is 24.6 Å². The van der Waals surface area contributed by atoms with Gasteiger partial charge in [0.05, 0.1) is 12.2 Å². The average Bonchev–Trinajstić information content (AvgIpc) is 2.80. The highest BCUT2D eigenvalue weighted by molar-refractivity contribution is 5.99. The van der Waals surface area contributed by atoms with Crippen LogP contribution in [0, 0.1) is 0 Å². The van der Waals surface area contributed by atoms with Crippen molar-refractivity contribution in [2.75, 3.05) is 19.7 Å². The summed E-state index contributed by atoms with van der Waals surface area (Å²) < 4.78 is 12.0. The van der Waals surface area contributed by atoms with Crippen molar-refractivity contribution in [3.05, 3.63) is 88.8 Å². The molecule has 156 valence electrons. The zero-order valence-corrected chi connectivity index (χ0v) is 17.8. The number of hydrogen-bond donors (Lipinski definition) is 0. The first-order valence-corrected chi connectivity index (χ1v) is 10.9. The Morgan fingerprint density at radius 2 is 1.63 bits per heavy atom. The molecule has 0 aromatic heterocycles. The van der Waals surface area contributed by atoms with Gasteiger partial charge in [0.25, 0.3) is 0 Å². The number of allylic oxidation sites excluding steroid dienone is 1. The number of carbonyl (C=O) groups excluding carboxylic acids is 1. The Balaban J connectivity index is 1.90. The van der Waals surface area contributed by atoms with E-state index in [-0.39, 0.29) is 11.9 Å². The van der Waals surface area contributed by atoms with Crippen molar-refractivity contribution < 1.29 is 14.3 Å². The lowest BCUT2D eigenvalue weighted by molar-refractivity contribution is -0.138. The number of nitrogens with zero attached hydrogens (tertiary/aromatic N) is 1. The zero-order valence-electron chi connectivity index (χ0n) is 17.8. The van der Waals surface area contributed by atoms with Crippen LogP contribution in [-0.2, 0) is 14.3 Å². The third kappa shape index (κ3) is 4.00. The molecule has 4 nitrogen and oxygen atoms in total. The molecule has 2 heterocycles. The van der Waals surface area contributed by atoms with Crippen LogP contribution in [0.5, 0.6) is 0 Å². The molecule has 30 heavy (non-hydrogen) atoms. The second-order valence-electron chi connectivity index (χ2n) is 7.81. The van der Waals surface area contributed by atoms with Gasteiger partial charge in [0.2, 0.25) is 0 Å². The first-order chi connectivity index (χ1) is 14.7. The van der Waals surface area contributed by atoms with Gasteiger partial charge in [0.15, 0.2) is 5.88 Å². The molecule has 0 saturated carbocycles. The minimum atomic E-state index is -0.317. The molecular weight excluding hydrogens is 374 g/mol. The average molecular weight is 404 g/mol. The van der Waals surface area contributed by atoms with Gasteiger partial charge in [-0.15, -0.1) is 0 Å². The van der Waals surface area contributed by atoms with Crippen LogP contribution in [0.1, 0.15) is 50.2 Å². The minimum Gasteiger partial charge on any atom is -0.463 e. The summed E-state index contributed by atoms with van der Waals surface area (Å²) in [7, 11) is 0. The Kier molecular flexibility index (Phi) is 6.22. The molecule has 0 amide bonds. The second kappa shape index (κ2) is 9.21. The number of benzene rings is 2. The molecule has 0 bridgehead atoms. The summed E-state index contributed by atoms with van der Waals surface area (Å²) in [5.74, 6) is 0.970. The van der Waals surface area contributed by atoms with E-state index >= 15 is 0 Å². The number of hydrogen-bond acceptors (Lipinski definition) is 4. The van der Waals surface area contributed by atoms with Gasteiger partial charge < -0.3 is 14.4 Å². The van der Waals surface area contributed by atoms with Crippen LogP contribution >= 0.6 is 0 Å². The number of ether oxygens (including phenoxy) is 2. The summed E-state index contributed by atoms with van der Waals surface area (Å²) >= 11 is 0. The molecule has 1 fully saturated rings. The number of rotatable bonds is 5. The predicted molar refractivity (Wildman–Crippen MR) is 118 cm³/mol. The fourth-order valence-electron chi connectivity index (χ4n) is 4.40. The van der Waals surface area contributed by atoms with Crippen LogP contribution in [0.15, 0.2) is 77.7 Å². The van der Waals surface area contributed by atoms with E-state index in [4.69, 9.17) is 9.47 Å². The molecule has 0 N–H and O–H groups in total. The Bertz CT molecular complexity index is 941. The Hall–Kier alpha value is -3.01. The van der Waals surface area contributed by atoms with E-state index in [2.05, 4.69) is 24.0 Å². The summed E-state index contributed by atoms with van der Waals surface area (Å²) in [5.41, 5.74) is 3.60. The van der Waals surface area contributed by atoms with Crippen molar-refractivity contribution in [3.63, 3.8) is 0 Å².